The van der Waals surface area contributed by atoms with Crippen LogP contribution in [0.4, 0.5) is 0 Å². The maximum atomic E-state index is 4.33. The van der Waals surface area contributed by atoms with Crippen molar-refractivity contribution >= 4 is 22.6 Å². The second-order valence-corrected chi connectivity index (χ2v) is 5.56. The van der Waals surface area contributed by atoms with E-state index in [1.807, 2.05) is 12.3 Å². The van der Waals surface area contributed by atoms with Crippen LogP contribution >= 0.6 is 22.6 Å². The average molecular weight is 337 g/mol. The third-order valence-electron chi connectivity index (χ3n) is 3.09. The maximum absolute atomic E-state index is 4.33. The second-order valence-electron chi connectivity index (χ2n) is 4.32. The first-order valence-electron chi connectivity index (χ1n) is 5.82. The smallest absolute Gasteiger partial charge is 0.0404 e. The van der Waals surface area contributed by atoms with Crippen LogP contribution < -0.4 is 0 Å². The summed E-state index contributed by atoms with van der Waals surface area (Å²) in [5.74, 6) is 0. The largest absolute Gasteiger partial charge is 0.261 e. The maximum Gasteiger partial charge on any atom is 0.0404 e. The molecular weight excluding hydrogens is 321 g/mol. The molecule has 0 saturated heterocycles. The molecule has 1 aromatic heterocycles. The topological polar surface area (TPSA) is 12.9 Å². The van der Waals surface area contributed by atoms with Crippen molar-refractivity contribution in [1.82, 2.24) is 4.98 Å². The van der Waals surface area contributed by atoms with Gasteiger partial charge in [-0.2, -0.15) is 0 Å². The van der Waals surface area contributed by atoms with Crippen LogP contribution in [0.2, 0.25) is 0 Å². The van der Waals surface area contributed by atoms with E-state index in [0.717, 1.165) is 18.5 Å². The van der Waals surface area contributed by atoms with E-state index >= 15 is 0 Å². The fraction of sp³-hybridized carbons (Fsp3) is 0.267. The van der Waals surface area contributed by atoms with Crippen LogP contribution in [0.1, 0.15) is 22.4 Å². The first-order valence-corrected chi connectivity index (χ1v) is 6.90. The van der Waals surface area contributed by atoms with Crippen molar-refractivity contribution < 1.29 is 0 Å². The Hall–Kier alpha value is -0.900. The molecule has 2 heteroatoms. The summed E-state index contributed by atoms with van der Waals surface area (Å²) >= 11 is 2.37. The highest BCUT2D eigenvalue weighted by Gasteiger charge is 2.02. The Morgan fingerprint density at radius 1 is 1.06 bits per heavy atom. The molecule has 0 radical (unpaired) electrons. The van der Waals surface area contributed by atoms with Gasteiger partial charge in [0.2, 0.25) is 0 Å². The molecule has 0 amide bonds. The lowest BCUT2D eigenvalue weighted by Gasteiger charge is -2.08. The number of pyridine rings is 1. The van der Waals surface area contributed by atoms with Crippen molar-refractivity contribution in [1.29, 1.82) is 0 Å². The number of aromatic nitrogens is 1. The molecule has 0 saturated carbocycles. The summed E-state index contributed by atoms with van der Waals surface area (Å²) in [7, 11) is 0. The Balaban J connectivity index is 2.12. The van der Waals surface area contributed by atoms with Crippen LogP contribution in [0.15, 0.2) is 36.5 Å². The SMILES string of the molecule is Cc1ccc(I)cc1CCc1cccnc1C. The molecule has 0 fully saturated rings. The van der Waals surface area contributed by atoms with Crippen LogP contribution in [0.25, 0.3) is 0 Å². The second kappa shape index (κ2) is 5.63. The van der Waals surface area contributed by atoms with Gasteiger partial charge in [-0.15, -0.1) is 0 Å². The van der Waals surface area contributed by atoms with Gasteiger partial charge >= 0.3 is 0 Å². The summed E-state index contributed by atoms with van der Waals surface area (Å²) in [5, 5.41) is 0. The molecule has 0 spiro atoms. The quantitative estimate of drug-likeness (QED) is 0.769. The van der Waals surface area contributed by atoms with E-state index in [1.54, 1.807) is 0 Å². The van der Waals surface area contributed by atoms with E-state index < -0.39 is 0 Å². The standard InChI is InChI=1S/C15H16IN/c1-11-5-8-15(16)10-14(11)7-6-13-4-3-9-17-12(13)2/h3-5,8-10H,6-7H2,1-2H3. The van der Waals surface area contributed by atoms with Gasteiger partial charge in [0.05, 0.1) is 0 Å². The van der Waals surface area contributed by atoms with Crippen LogP contribution in [0.3, 0.4) is 0 Å². The molecule has 1 heterocycles. The van der Waals surface area contributed by atoms with Gasteiger partial charge in [0.1, 0.15) is 0 Å². The first-order chi connectivity index (χ1) is 8.16. The minimum Gasteiger partial charge on any atom is -0.261 e. The number of aryl methyl sites for hydroxylation is 4. The minimum atomic E-state index is 1.07. The van der Waals surface area contributed by atoms with E-state index in [1.165, 1.54) is 20.3 Å². The van der Waals surface area contributed by atoms with Crippen molar-refractivity contribution in [3.05, 3.63) is 62.5 Å². The summed E-state index contributed by atoms with van der Waals surface area (Å²) in [6.45, 7) is 4.26. The van der Waals surface area contributed by atoms with Gasteiger partial charge in [-0.3, -0.25) is 4.98 Å². The van der Waals surface area contributed by atoms with Crippen LogP contribution in [0, 0.1) is 17.4 Å². The number of benzene rings is 1. The van der Waals surface area contributed by atoms with Crippen molar-refractivity contribution in [2.75, 3.05) is 0 Å². The molecule has 1 aromatic carbocycles. The van der Waals surface area contributed by atoms with Gasteiger partial charge in [0, 0.05) is 15.5 Å². The Kier molecular flexibility index (Phi) is 4.15. The minimum absolute atomic E-state index is 1.07. The number of rotatable bonds is 3. The Bertz CT molecular complexity index is 520. The summed E-state index contributed by atoms with van der Waals surface area (Å²) < 4.78 is 1.31. The highest BCUT2D eigenvalue weighted by molar-refractivity contribution is 14.1. The normalized spacial score (nSPS) is 10.5. The highest BCUT2D eigenvalue weighted by Crippen LogP contribution is 2.16. The van der Waals surface area contributed by atoms with E-state index in [9.17, 15) is 0 Å². The molecule has 0 aliphatic carbocycles. The number of hydrogen-bond donors (Lipinski definition) is 0. The highest BCUT2D eigenvalue weighted by atomic mass is 127. The van der Waals surface area contributed by atoms with Gasteiger partial charge in [-0.1, -0.05) is 12.1 Å². The molecule has 1 nitrogen and oxygen atoms in total. The zero-order valence-corrected chi connectivity index (χ0v) is 12.4. The Labute approximate surface area is 116 Å². The molecule has 0 aliphatic heterocycles. The van der Waals surface area contributed by atoms with Crippen molar-refractivity contribution in [3.8, 4) is 0 Å². The summed E-state index contributed by atoms with van der Waals surface area (Å²) in [6, 6.07) is 10.8. The zero-order valence-electron chi connectivity index (χ0n) is 10.2. The molecule has 0 unspecified atom stereocenters. The molecular formula is C15H16IN. The molecule has 0 aliphatic rings. The number of nitrogens with zero attached hydrogens (tertiary/aromatic N) is 1. The van der Waals surface area contributed by atoms with Gasteiger partial charge in [0.15, 0.2) is 0 Å². The van der Waals surface area contributed by atoms with E-state index in [0.29, 0.717) is 0 Å². The third kappa shape index (κ3) is 3.28. The van der Waals surface area contributed by atoms with Gasteiger partial charge < -0.3 is 0 Å². The zero-order chi connectivity index (χ0) is 12.3. The molecule has 2 aromatic rings. The monoisotopic (exact) mass is 337 g/mol. The van der Waals surface area contributed by atoms with Crippen LogP contribution in [0.5, 0.6) is 0 Å². The molecule has 88 valence electrons. The molecule has 0 N–H and O–H groups in total. The van der Waals surface area contributed by atoms with Gasteiger partial charge in [0.25, 0.3) is 0 Å². The Morgan fingerprint density at radius 3 is 2.59 bits per heavy atom. The van der Waals surface area contributed by atoms with Crippen molar-refractivity contribution in [2.24, 2.45) is 0 Å². The van der Waals surface area contributed by atoms with E-state index in [2.05, 4.69) is 65.7 Å². The van der Waals surface area contributed by atoms with Crippen molar-refractivity contribution in [3.63, 3.8) is 0 Å². The Morgan fingerprint density at radius 2 is 1.82 bits per heavy atom. The van der Waals surface area contributed by atoms with E-state index in [4.69, 9.17) is 0 Å². The molecule has 0 atom stereocenters. The summed E-state index contributed by atoms with van der Waals surface area (Å²) in [6.07, 6.45) is 4.02. The predicted octanol–water partition coefficient (Wildman–Crippen LogP) is 4.09. The van der Waals surface area contributed by atoms with Crippen LogP contribution in [-0.4, -0.2) is 4.98 Å². The number of hydrogen-bond acceptors (Lipinski definition) is 1. The molecule has 17 heavy (non-hydrogen) atoms. The first kappa shape index (κ1) is 12.6. The fourth-order valence-electron chi connectivity index (χ4n) is 1.96. The molecule has 2 rings (SSSR count). The summed E-state index contributed by atoms with van der Waals surface area (Å²) in [5.41, 5.74) is 5.33. The van der Waals surface area contributed by atoms with Gasteiger partial charge in [-0.05, 0) is 84.2 Å². The lowest BCUT2D eigenvalue weighted by Crippen LogP contribution is -1.98. The third-order valence-corrected chi connectivity index (χ3v) is 3.76. The lowest BCUT2D eigenvalue weighted by atomic mass is 10.0. The lowest BCUT2D eigenvalue weighted by molar-refractivity contribution is 0.921. The van der Waals surface area contributed by atoms with E-state index in [-0.39, 0.29) is 0 Å². The summed E-state index contributed by atoms with van der Waals surface area (Å²) in [4.78, 5) is 4.33. The van der Waals surface area contributed by atoms with Crippen LogP contribution in [-0.2, 0) is 12.8 Å². The van der Waals surface area contributed by atoms with Crippen molar-refractivity contribution in [2.45, 2.75) is 26.7 Å². The fourth-order valence-corrected chi connectivity index (χ4v) is 2.52. The predicted molar refractivity (Wildman–Crippen MR) is 80.3 cm³/mol. The molecule has 0 bridgehead atoms. The average Bonchev–Trinajstić information content (AvgIpc) is 2.32. The van der Waals surface area contributed by atoms with Gasteiger partial charge in [-0.25, -0.2) is 0 Å². The number of halogens is 1.